The van der Waals surface area contributed by atoms with Crippen molar-refractivity contribution >= 4 is 12.6 Å². The lowest BCUT2D eigenvalue weighted by molar-refractivity contribution is 0.147. The van der Waals surface area contributed by atoms with Gasteiger partial charge < -0.3 is 16.6 Å². The van der Waals surface area contributed by atoms with Gasteiger partial charge in [-0.25, -0.2) is 0 Å². The highest BCUT2D eigenvalue weighted by atomic mass is 32.1. The van der Waals surface area contributed by atoms with Crippen molar-refractivity contribution in [2.45, 2.75) is 23.4 Å². The van der Waals surface area contributed by atoms with Gasteiger partial charge in [0.25, 0.3) is 0 Å². The molecule has 0 bridgehead atoms. The van der Waals surface area contributed by atoms with E-state index in [0.29, 0.717) is 0 Å². The summed E-state index contributed by atoms with van der Waals surface area (Å²) in [6.45, 7) is 0. The molecule has 0 spiro atoms. The number of aliphatic hydroxyl groups is 1. The molecule has 4 aromatic carbocycles. The lowest BCUT2D eigenvalue weighted by atomic mass is 9.97. The van der Waals surface area contributed by atoms with E-state index < -0.39 is 6.10 Å². The summed E-state index contributed by atoms with van der Waals surface area (Å²) >= 11 is 4.60. The molecule has 4 heteroatoms. The summed E-state index contributed by atoms with van der Waals surface area (Å²) in [6.07, 6.45) is -0.663. The molecular formula is C28H30N2OS. The summed E-state index contributed by atoms with van der Waals surface area (Å²) in [4.78, 5) is 0. The second-order valence-corrected chi connectivity index (χ2v) is 8.14. The Morgan fingerprint density at radius 3 is 1.19 bits per heavy atom. The third-order valence-corrected chi connectivity index (χ3v) is 5.95. The van der Waals surface area contributed by atoms with Gasteiger partial charge in [-0.3, -0.25) is 0 Å². The molecule has 0 heterocycles. The average Bonchev–Trinajstić information content (AvgIpc) is 2.89. The molecule has 164 valence electrons. The van der Waals surface area contributed by atoms with E-state index in [2.05, 4.69) is 24.8 Å². The molecule has 4 atom stereocenters. The maximum atomic E-state index is 10.1. The Morgan fingerprint density at radius 2 is 0.781 bits per heavy atom. The zero-order chi connectivity index (χ0) is 22.8. The van der Waals surface area contributed by atoms with Crippen LogP contribution in [0.4, 0.5) is 0 Å². The Morgan fingerprint density at radius 1 is 0.469 bits per heavy atom. The first-order valence-electron chi connectivity index (χ1n) is 10.6. The van der Waals surface area contributed by atoms with Gasteiger partial charge in [0, 0.05) is 11.3 Å². The van der Waals surface area contributed by atoms with Gasteiger partial charge in [-0.2, -0.15) is 12.6 Å². The predicted octanol–water partition coefficient (Wildman–Crippen LogP) is 5.78. The van der Waals surface area contributed by atoms with Crippen molar-refractivity contribution in [3.8, 4) is 0 Å². The topological polar surface area (TPSA) is 72.3 Å². The van der Waals surface area contributed by atoms with Crippen molar-refractivity contribution in [1.29, 1.82) is 0 Å². The van der Waals surface area contributed by atoms with E-state index in [1.807, 2.05) is 109 Å². The van der Waals surface area contributed by atoms with Gasteiger partial charge in [0.2, 0.25) is 0 Å². The maximum absolute atomic E-state index is 10.1. The summed E-state index contributed by atoms with van der Waals surface area (Å²) in [5.74, 6) is 0. The molecule has 5 N–H and O–H groups in total. The highest BCUT2D eigenvalue weighted by molar-refractivity contribution is 7.80. The molecule has 0 fully saturated rings. The van der Waals surface area contributed by atoms with Crippen LogP contribution in [0.1, 0.15) is 45.7 Å². The van der Waals surface area contributed by atoms with Crippen molar-refractivity contribution < 1.29 is 5.11 Å². The van der Waals surface area contributed by atoms with Gasteiger partial charge in [-0.1, -0.05) is 121 Å². The van der Waals surface area contributed by atoms with Crippen molar-refractivity contribution in [2.75, 3.05) is 0 Å². The lowest BCUT2D eigenvalue weighted by Crippen LogP contribution is -2.19. The fourth-order valence-corrected chi connectivity index (χ4v) is 3.77. The van der Waals surface area contributed by atoms with E-state index >= 15 is 0 Å². The monoisotopic (exact) mass is 442 g/mol. The van der Waals surface area contributed by atoms with Gasteiger partial charge >= 0.3 is 0 Å². The van der Waals surface area contributed by atoms with E-state index in [1.54, 1.807) is 0 Å². The van der Waals surface area contributed by atoms with E-state index in [1.165, 1.54) is 0 Å². The van der Waals surface area contributed by atoms with E-state index in [-0.39, 0.29) is 17.3 Å². The predicted molar refractivity (Wildman–Crippen MR) is 136 cm³/mol. The molecule has 4 aromatic rings. The zero-order valence-electron chi connectivity index (χ0n) is 17.9. The molecule has 0 unspecified atom stereocenters. The van der Waals surface area contributed by atoms with Crippen LogP contribution in [0.3, 0.4) is 0 Å². The minimum Gasteiger partial charge on any atom is -0.386 e. The van der Waals surface area contributed by atoms with Gasteiger partial charge in [-0.05, 0) is 22.3 Å². The van der Waals surface area contributed by atoms with Crippen LogP contribution in [0.2, 0.25) is 0 Å². The number of nitrogens with two attached hydrogens (primary N) is 2. The molecule has 0 aliphatic rings. The molecular weight excluding hydrogens is 412 g/mol. The van der Waals surface area contributed by atoms with Crippen LogP contribution in [0.5, 0.6) is 0 Å². The van der Waals surface area contributed by atoms with E-state index in [9.17, 15) is 5.11 Å². The Labute approximate surface area is 196 Å². The number of benzene rings is 4. The molecule has 0 amide bonds. The molecule has 0 saturated carbocycles. The quantitative estimate of drug-likeness (QED) is 0.286. The van der Waals surface area contributed by atoms with Crippen LogP contribution in [-0.4, -0.2) is 5.11 Å². The highest BCUT2D eigenvalue weighted by Gasteiger charge is 2.18. The third kappa shape index (κ3) is 6.55. The summed E-state index contributed by atoms with van der Waals surface area (Å²) in [7, 11) is 0. The summed E-state index contributed by atoms with van der Waals surface area (Å²) in [5.41, 5.74) is 16.3. The number of rotatable bonds is 6. The second-order valence-electron chi connectivity index (χ2n) is 7.58. The first-order chi connectivity index (χ1) is 15.6. The molecule has 3 nitrogen and oxygen atoms in total. The van der Waals surface area contributed by atoms with E-state index in [4.69, 9.17) is 11.5 Å². The van der Waals surface area contributed by atoms with Crippen molar-refractivity contribution in [3.05, 3.63) is 144 Å². The molecule has 0 aromatic heterocycles. The van der Waals surface area contributed by atoms with Crippen molar-refractivity contribution in [2.24, 2.45) is 11.5 Å². The number of hydrogen-bond acceptors (Lipinski definition) is 4. The second kappa shape index (κ2) is 12.2. The molecule has 32 heavy (non-hydrogen) atoms. The fourth-order valence-electron chi connectivity index (χ4n) is 3.43. The largest absolute Gasteiger partial charge is 0.386 e. The van der Waals surface area contributed by atoms with E-state index in [0.717, 1.165) is 22.3 Å². The smallest absolute Gasteiger partial charge is 0.0982 e. The van der Waals surface area contributed by atoms with Crippen molar-refractivity contribution in [1.82, 2.24) is 0 Å². The SMILES string of the molecule is N[C@@H](c1ccccc1)[C@H](O)c1ccccc1.N[C@@H](c1ccccc1)[C@H](S)c1ccccc1. The van der Waals surface area contributed by atoms with Gasteiger partial charge in [0.15, 0.2) is 0 Å². The third-order valence-electron chi connectivity index (χ3n) is 5.33. The molecule has 0 saturated heterocycles. The standard InChI is InChI=1S/C14H15NO.C14H15NS/c2*15-13(11-7-3-1-4-8-11)14(16)12-9-5-2-6-10-12/h2*1-10,13-14,16H,15H2/t2*13-,14+/m00/s1. The van der Waals surface area contributed by atoms with Crippen molar-refractivity contribution in [3.63, 3.8) is 0 Å². The fraction of sp³-hybridized carbons (Fsp3) is 0.143. The lowest BCUT2D eigenvalue weighted by Gasteiger charge is -2.19. The van der Waals surface area contributed by atoms with Crippen LogP contribution in [0, 0.1) is 0 Å². The average molecular weight is 443 g/mol. The summed E-state index contributed by atoms with van der Waals surface area (Å²) in [6, 6.07) is 38.9. The Kier molecular flexibility index (Phi) is 9.08. The minimum absolute atomic E-state index is 0.0311. The summed E-state index contributed by atoms with van der Waals surface area (Å²) in [5, 5.41) is 10.1. The van der Waals surface area contributed by atoms with Gasteiger partial charge in [0.05, 0.1) is 12.1 Å². The number of aliphatic hydroxyl groups excluding tert-OH is 1. The van der Waals surface area contributed by atoms with Gasteiger partial charge in [-0.15, -0.1) is 0 Å². The van der Waals surface area contributed by atoms with Crippen LogP contribution in [0.15, 0.2) is 121 Å². The van der Waals surface area contributed by atoms with Crippen LogP contribution in [0.25, 0.3) is 0 Å². The summed E-state index contributed by atoms with van der Waals surface area (Å²) < 4.78 is 0. The van der Waals surface area contributed by atoms with Crippen LogP contribution < -0.4 is 11.5 Å². The molecule has 0 aliphatic heterocycles. The Hall–Kier alpha value is -2.89. The molecule has 0 aliphatic carbocycles. The first-order valence-corrected chi connectivity index (χ1v) is 11.2. The Balaban J connectivity index is 0.000000181. The molecule has 0 radical (unpaired) electrons. The normalized spacial score (nSPS) is 14.4. The van der Waals surface area contributed by atoms with Gasteiger partial charge in [0.1, 0.15) is 0 Å². The minimum atomic E-state index is -0.663. The highest BCUT2D eigenvalue weighted by Crippen LogP contribution is 2.31. The van der Waals surface area contributed by atoms with Crippen LogP contribution in [-0.2, 0) is 0 Å². The maximum Gasteiger partial charge on any atom is 0.0982 e. The van der Waals surface area contributed by atoms with Crippen LogP contribution >= 0.6 is 12.6 Å². The first kappa shape index (κ1) is 23.8. The zero-order valence-corrected chi connectivity index (χ0v) is 18.8. The number of hydrogen-bond donors (Lipinski definition) is 4. The molecule has 4 rings (SSSR count). The number of thiol groups is 1. The Bertz CT molecular complexity index is 856.